The Hall–Kier alpha value is -2.79. The molecule has 1 aromatic carbocycles. The Morgan fingerprint density at radius 2 is 1.64 bits per heavy atom. The molecule has 0 spiro atoms. The van der Waals surface area contributed by atoms with E-state index in [1.807, 2.05) is 48.5 Å². The van der Waals surface area contributed by atoms with Gasteiger partial charge in [-0.25, -0.2) is 9.97 Å². The van der Waals surface area contributed by atoms with E-state index in [0.29, 0.717) is 12.6 Å². The van der Waals surface area contributed by atoms with Crippen molar-refractivity contribution in [2.24, 2.45) is 5.73 Å². The molecule has 5 nitrogen and oxygen atoms in total. The van der Waals surface area contributed by atoms with Crippen LogP contribution in [0, 0.1) is 0 Å². The lowest BCUT2D eigenvalue weighted by Crippen LogP contribution is -2.19. The van der Waals surface area contributed by atoms with E-state index in [0.717, 1.165) is 16.8 Å². The zero-order chi connectivity index (χ0) is 15.2. The van der Waals surface area contributed by atoms with Crippen molar-refractivity contribution in [3.63, 3.8) is 0 Å². The van der Waals surface area contributed by atoms with Crippen LogP contribution in [0.15, 0.2) is 67.1 Å². The summed E-state index contributed by atoms with van der Waals surface area (Å²) in [6.45, 7) is 0.326. The third kappa shape index (κ3) is 3.45. The van der Waals surface area contributed by atoms with E-state index in [2.05, 4.69) is 15.0 Å². The first-order valence-electron chi connectivity index (χ1n) is 7.00. The van der Waals surface area contributed by atoms with Gasteiger partial charge in [-0.1, -0.05) is 36.4 Å². The van der Waals surface area contributed by atoms with Crippen LogP contribution in [0.1, 0.15) is 11.6 Å². The van der Waals surface area contributed by atoms with Crippen LogP contribution in [0.5, 0.6) is 6.01 Å². The number of nitrogens with zero attached hydrogens (tertiary/aromatic N) is 3. The largest absolute Gasteiger partial charge is 0.461 e. The average molecular weight is 292 g/mol. The minimum atomic E-state index is -0.208. The number of hydrogen-bond donors (Lipinski definition) is 1. The van der Waals surface area contributed by atoms with Crippen molar-refractivity contribution < 1.29 is 4.74 Å². The van der Waals surface area contributed by atoms with Gasteiger partial charge in [-0.05, 0) is 17.7 Å². The zero-order valence-electron chi connectivity index (χ0n) is 12.0. The third-order valence-electron chi connectivity index (χ3n) is 3.21. The fourth-order valence-electron chi connectivity index (χ4n) is 2.02. The predicted octanol–water partition coefficient (Wildman–Crippen LogP) is 2.62. The molecule has 3 aromatic rings. The molecule has 0 amide bonds. The second-order valence-corrected chi connectivity index (χ2v) is 4.80. The van der Waals surface area contributed by atoms with Crippen molar-refractivity contribution in [3.05, 3.63) is 72.7 Å². The molecule has 0 saturated carbocycles. The van der Waals surface area contributed by atoms with Gasteiger partial charge in [0.05, 0.1) is 11.7 Å². The van der Waals surface area contributed by atoms with E-state index in [1.165, 1.54) is 0 Å². The summed E-state index contributed by atoms with van der Waals surface area (Å²) >= 11 is 0. The van der Waals surface area contributed by atoms with Crippen LogP contribution >= 0.6 is 0 Å². The Morgan fingerprint density at radius 1 is 0.909 bits per heavy atom. The molecule has 22 heavy (non-hydrogen) atoms. The number of nitrogens with two attached hydrogens (primary N) is 1. The van der Waals surface area contributed by atoms with Crippen LogP contribution in [0.3, 0.4) is 0 Å². The lowest BCUT2D eigenvalue weighted by Gasteiger charge is -2.12. The summed E-state index contributed by atoms with van der Waals surface area (Å²) in [5, 5.41) is 0. The molecule has 0 unspecified atom stereocenters. The topological polar surface area (TPSA) is 73.9 Å². The van der Waals surface area contributed by atoms with E-state index in [-0.39, 0.29) is 6.04 Å². The Kier molecular flexibility index (Phi) is 4.36. The van der Waals surface area contributed by atoms with Crippen LogP contribution in [-0.2, 0) is 0 Å². The number of pyridine rings is 1. The highest BCUT2D eigenvalue weighted by Gasteiger charge is 2.08. The number of rotatable bonds is 5. The van der Waals surface area contributed by atoms with E-state index in [9.17, 15) is 0 Å². The van der Waals surface area contributed by atoms with Gasteiger partial charge in [-0.2, -0.15) is 0 Å². The molecule has 3 rings (SSSR count). The third-order valence-corrected chi connectivity index (χ3v) is 3.21. The maximum Gasteiger partial charge on any atom is 0.316 e. The van der Waals surface area contributed by atoms with Crippen LogP contribution in [0.2, 0.25) is 0 Å². The normalized spacial score (nSPS) is 11.9. The number of ether oxygens (including phenoxy) is 1. The van der Waals surface area contributed by atoms with Crippen LogP contribution < -0.4 is 10.5 Å². The van der Waals surface area contributed by atoms with Gasteiger partial charge in [0.1, 0.15) is 6.61 Å². The van der Waals surface area contributed by atoms with Gasteiger partial charge in [0.2, 0.25) is 0 Å². The summed E-state index contributed by atoms with van der Waals surface area (Å²) < 4.78 is 5.55. The molecule has 0 radical (unpaired) electrons. The molecule has 0 aliphatic rings. The minimum Gasteiger partial charge on any atom is -0.461 e. The predicted molar refractivity (Wildman–Crippen MR) is 84.1 cm³/mol. The maximum absolute atomic E-state index is 6.07. The molecule has 2 N–H and O–H groups in total. The van der Waals surface area contributed by atoms with E-state index in [1.54, 1.807) is 18.6 Å². The molecule has 0 bridgehead atoms. The first-order chi connectivity index (χ1) is 10.8. The SMILES string of the molecule is N[C@H](COc1ncc(-c2ccccn2)cn1)c1ccccc1. The Bertz CT molecular complexity index is 702. The fraction of sp³-hybridized carbons (Fsp3) is 0.118. The highest BCUT2D eigenvalue weighted by atomic mass is 16.5. The van der Waals surface area contributed by atoms with Crippen molar-refractivity contribution in [2.45, 2.75) is 6.04 Å². The van der Waals surface area contributed by atoms with Gasteiger partial charge in [0.15, 0.2) is 0 Å². The Labute approximate surface area is 128 Å². The van der Waals surface area contributed by atoms with E-state index in [4.69, 9.17) is 10.5 Å². The van der Waals surface area contributed by atoms with Crippen LogP contribution in [0.4, 0.5) is 0 Å². The molecule has 2 heterocycles. The zero-order valence-corrected chi connectivity index (χ0v) is 12.0. The van der Waals surface area contributed by atoms with Crippen LogP contribution in [0.25, 0.3) is 11.3 Å². The van der Waals surface area contributed by atoms with Gasteiger partial charge in [0, 0.05) is 24.2 Å². The first kappa shape index (κ1) is 14.2. The molecule has 0 saturated heterocycles. The van der Waals surface area contributed by atoms with Gasteiger partial charge >= 0.3 is 6.01 Å². The minimum absolute atomic E-state index is 0.208. The van der Waals surface area contributed by atoms with Gasteiger partial charge < -0.3 is 10.5 Å². The fourth-order valence-corrected chi connectivity index (χ4v) is 2.02. The number of hydrogen-bond acceptors (Lipinski definition) is 5. The first-order valence-corrected chi connectivity index (χ1v) is 7.00. The standard InChI is InChI=1S/C17H16N4O/c18-15(13-6-2-1-3-7-13)12-22-17-20-10-14(11-21-17)16-8-4-5-9-19-16/h1-11,15H,12,18H2/t15-/m1/s1. The van der Waals surface area contributed by atoms with E-state index < -0.39 is 0 Å². The van der Waals surface area contributed by atoms with Crippen molar-refractivity contribution >= 4 is 0 Å². The molecule has 110 valence electrons. The molecule has 5 heteroatoms. The molecule has 0 aliphatic heterocycles. The molecule has 2 aromatic heterocycles. The number of aromatic nitrogens is 3. The molecule has 0 aliphatic carbocycles. The monoisotopic (exact) mass is 292 g/mol. The van der Waals surface area contributed by atoms with Crippen LogP contribution in [-0.4, -0.2) is 21.6 Å². The van der Waals surface area contributed by atoms with Gasteiger partial charge in [-0.3, -0.25) is 4.98 Å². The smallest absolute Gasteiger partial charge is 0.316 e. The Balaban J connectivity index is 1.62. The molecule has 1 atom stereocenters. The summed E-state index contributed by atoms with van der Waals surface area (Å²) in [5.74, 6) is 0. The van der Waals surface area contributed by atoms with Gasteiger partial charge in [0.25, 0.3) is 0 Å². The van der Waals surface area contributed by atoms with Crippen molar-refractivity contribution in [1.82, 2.24) is 15.0 Å². The number of benzene rings is 1. The lowest BCUT2D eigenvalue weighted by atomic mass is 10.1. The molecule has 0 fully saturated rings. The maximum atomic E-state index is 6.07. The molecular formula is C17H16N4O. The summed E-state index contributed by atoms with van der Waals surface area (Å²) in [7, 11) is 0. The van der Waals surface area contributed by atoms with E-state index >= 15 is 0 Å². The lowest BCUT2D eigenvalue weighted by molar-refractivity contribution is 0.268. The summed E-state index contributed by atoms with van der Waals surface area (Å²) in [6.07, 6.45) is 5.12. The Morgan fingerprint density at radius 3 is 2.32 bits per heavy atom. The van der Waals surface area contributed by atoms with Gasteiger partial charge in [-0.15, -0.1) is 0 Å². The highest BCUT2D eigenvalue weighted by Crippen LogP contribution is 2.16. The quantitative estimate of drug-likeness (QED) is 0.782. The second kappa shape index (κ2) is 6.78. The summed E-state index contributed by atoms with van der Waals surface area (Å²) in [6, 6.07) is 15.6. The van der Waals surface area contributed by atoms with Crippen molar-refractivity contribution in [2.75, 3.05) is 6.61 Å². The average Bonchev–Trinajstić information content (AvgIpc) is 2.61. The van der Waals surface area contributed by atoms with Crippen molar-refractivity contribution in [1.29, 1.82) is 0 Å². The highest BCUT2D eigenvalue weighted by molar-refractivity contribution is 5.56. The summed E-state index contributed by atoms with van der Waals surface area (Å²) in [4.78, 5) is 12.6. The second-order valence-electron chi connectivity index (χ2n) is 4.80. The summed E-state index contributed by atoms with van der Waals surface area (Å²) in [5.41, 5.74) is 8.77. The molecular weight excluding hydrogens is 276 g/mol. The van der Waals surface area contributed by atoms with Crippen molar-refractivity contribution in [3.8, 4) is 17.3 Å².